The zero-order valence-electron chi connectivity index (χ0n) is 20.1. The SMILES string of the molecule is N#CCNC(=O)[C@@H]1CC(F)(F)CC[C@H]1c1ccccc1-c1ccc(SCc2cccc3[nH]cnc23)cc1. The Morgan fingerprint density at radius 2 is 1.95 bits per heavy atom. The highest BCUT2D eigenvalue weighted by Crippen LogP contribution is 2.47. The summed E-state index contributed by atoms with van der Waals surface area (Å²) in [5, 5.41) is 11.3. The predicted octanol–water partition coefficient (Wildman–Crippen LogP) is 6.68. The van der Waals surface area contributed by atoms with Crippen molar-refractivity contribution in [3.63, 3.8) is 0 Å². The minimum Gasteiger partial charge on any atom is -0.345 e. The van der Waals surface area contributed by atoms with E-state index in [-0.39, 0.29) is 25.3 Å². The highest BCUT2D eigenvalue weighted by Gasteiger charge is 2.45. The fourth-order valence-corrected chi connectivity index (χ4v) is 6.04. The molecule has 2 atom stereocenters. The highest BCUT2D eigenvalue weighted by molar-refractivity contribution is 7.98. The van der Waals surface area contributed by atoms with Crippen LogP contribution in [0.4, 0.5) is 8.78 Å². The standard InChI is InChI=1S/C29H26F2N4OS/c30-29(31)13-12-24(25(16-29)28(36)33-15-14-32)23-6-2-1-5-22(23)19-8-10-21(11-9-19)37-17-20-4-3-7-26-27(20)35-18-34-26/h1-11,18,24-25H,12-13,15-17H2,(H,33,36)(H,34,35)/t24-,25+/m0/s1. The molecule has 0 aliphatic heterocycles. The van der Waals surface area contributed by atoms with E-state index in [9.17, 15) is 13.6 Å². The number of hydrogen-bond acceptors (Lipinski definition) is 4. The van der Waals surface area contributed by atoms with Gasteiger partial charge in [0.2, 0.25) is 11.8 Å². The maximum absolute atomic E-state index is 14.3. The van der Waals surface area contributed by atoms with Crippen molar-refractivity contribution in [3.05, 3.63) is 84.2 Å². The van der Waals surface area contributed by atoms with Crippen LogP contribution in [-0.2, 0) is 10.5 Å². The van der Waals surface area contributed by atoms with Crippen LogP contribution >= 0.6 is 11.8 Å². The number of imidazole rings is 1. The molecule has 0 saturated heterocycles. The molecule has 5 rings (SSSR count). The van der Waals surface area contributed by atoms with E-state index >= 15 is 0 Å². The number of halogens is 2. The maximum atomic E-state index is 14.3. The summed E-state index contributed by atoms with van der Waals surface area (Å²) in [7, 11) is 0. The molecular formula is C29H26F2N4OS. The molecule has 4 aromatic rings. The highest BCUT2D eigenvalue weighted by atomic mass is 32.2. The lowest BCUT2D eigenvalue weighted by Crippen LogP contribution is -2.41. The van der Waals surface area contributed by atoms with Crippen LogP contribution in [0.15, 0.2) is 78.0 Å². The number of hydrogen-bond donors (Lipinski definition) is 2. The van der Waals surface area contributed by atoms with Gasteiger partial charge in [-0.1, -0.05) is 48.5 Å². The third kappa shape index (κ3) is 5.52. The van der Waals surface area contributed by atoms with E-state index in [1.54, 1.807) is 18.1 Å². The van der Waals surface area contributed by atoms with Crippen molar-refractivity contribution in [2.75, 3.05) is 6.54 Å². The Morgan fingerprint density at radius 3 is 2.76 bits per heavy atom. The number of rotatable bonds is 7. The molecule has 1 fully saturated rings. The third-order valence-electron chi connectivity index (χ3n) is 6.96. The van der Waals surface area contributed by atoms with Gasteiger partial charge in [-0.15, -0.1) is 11.8 Å². The molecule has 37 heavy (non-hydrogen) atoms. The second kappa shape index (κ2) is 10.7. The number of benzene rings is 3. The average Bonchev–Trinajstić information content (AvgIpc) is 3.40. The molecule has 188 valence electrons. The van der Waals surface area contributed by atoms with Gasteiger partial charge in [0.1, 0.15) is 6.54 Å². The molecule has 1 aromatic heterocycles. The Labute approximate surface area is 218 Å². The smallest absolute Gasteiger partial charge is 0.249 e. The van der Waals surface area contributed by atoms with Gasteiger partial charge in [0.25, 0.3) is 0 Å². The number of H-pyrrole nitrogens is 1. The summed E-state index contributed by atoms with van der Waals surface area (Å²) in [5.41, 5.74) is 5.96. The second-order valence-electron chi connectivity index (χ2n) is 9.30. The zero-order valence-corrected chi connectivity index (χ0v) is 20.9. The number of alkyl halides is 2. The van der Waals surface area contributed by atoms with Crippen LogP contribution in [0, 0.1) is 17.2 Å². The Hall–Kier alpha value is -3.70. The number of nitrogens with zero attached hydrogens (tertiary/aromatic N) is 2. The molecule has 1 saturated carbocycles. The van der Waals surface area contributed by atoms with Crippen molar-refractivity contribution in [1.82, 2.24) is 15.3 Å². The molecular weight excluding hydrogens is 490 g/mol. The van der Waals surface area contributed by atoms with Crippen molar-refractivity contribution in [3.8, 4) is 17.2 Å². The van der Waals surface area contributed by atoms with Crippen LogP contribution in [0.25, 0.3) is 22.2 Å². The van der Waals surface area contributed by atoms with Gasteiger partial charge in [-0.2, -0.15) is 5.26 Å². The number of thioether (sulfide) groups is 1. The first-order valence-corrected chi connectivity index (χ1v) is 13.2. The molecule has 0 bridgehead atoms. The number of nitrogens with one attached hydrogen (secondary N) is 2. The van der Waals surface area contributed by atoms with E-state index in [1.807, 2.05) is 54.6 Å². The fraction of sp³-hybridized carbons (Fsp3) is 0.276. The summed E-state index contributed by atoms with van der Waals surface area (Å²) in [6.07, 6.45) is 1.14. The van der Waals surface area contributed by atoms with Gasteiger partial charge in [-0.3, -0.25) is 4.79 Å². The zero-order chi connectivity index (χ0) is 25.8. The first-order valence-electron chi connectivity index (χ1n) is 12.2. The Balaban J connectivity index is 1.37. The minimum atomic E-state index is -2.89. The van der Waals surface area contributed by atoms with Crippen molar-refractivity contribution in [2.45, 2.75) is 41.8 Å². The van der Waals surface area contributed by atoms with Gasteiger partial charge in [0.05, 0.1) is 29.3 Å². The number of amides is 1. The lowest BCUT2D eigenvalue weighted by Gasteiger charge is -2.36. The number of carbonyl (C=O) groups excluding carboxylic acids is 1. The van der Waals surface area contributed by atoms with Crippen molar-refractivity contribution < 1.29 is 13.6 Å². The molecule has 1 aliphatic carbocycles. The molecule has 0 unspecified atom stereocenters. The van der Waals surface area contributed by atoms with Gasteiger partial charge < -0.3 is 10.3 Å². The van der Waals surface area contributed by atoms with Crippen LogP contribution in [0.3, 0.4) is 0 Å². The summed E-state index contributed by atoms with van der Waals surface area (Å²) in [5.74, 6) is -3.83. The molecule has 3 aromatic carbocycles. The van der Waals surface area contributed by atoms with Gasteiger partial charge in [0, 0.05) is 23.5 Å². The molecule has 1 amide bonds. The van der Waals surface area contributed by atoms with Crippen molar-refractivity contribution in [1.29, 1.82) is 5.26 Å². The number of para-hydroxylation sites is 1. The number of aromatic amines is 1. The molecule has 8 heteroatoms. The van der Waals surface area contributed by atoms with E-state index in [0.29, 0.717) is 0 Å². The van der Waals surface area contributed by atoms with Gasteiger partial charge in [0.15, 0.2) is 0 Å². The third-order valence-corrected chi connectivity index (χ3v) is 8.02. The number of fused-ring (bicyclic) bond motifs is 1. The maximum Gasteiger partial charge on any atom is 0.249 e. The lowest BCUT2D eigenvalue weighted by atomic mass is 9.72. The van der Waals surface area contributed by atoms with Crippen molar-refractivity contribution >= 4 is 28.7 Å². The van der Waals surface area contributed by atoms with E-state index in [4.69, 9.17) is 5.26 Å². The number of nitriles is 1. The van der Waals surface area contributed by atoms with Crippen molar-refractivity contribution in [2.24, 2.45) is 5.92 Å². The molecule has 1 heterocycles. The topological polar surface area (TPSA) is 81.6 Å². The summed E-state index contributed by atoms with van der Waals surface area (Å²) < 4.78 is 28.6. The molecule has 0 radical (unpaired) electrons. The molecule has 5 nitrogen and oxygen atoms in total. The quantitative estimate of drug-likeness (QED) is 0.212. The first kappa shape index (κ1) is 25.0. The van der Waals surface area contributed by atoms with Crippen LogP contribution < -0.4 is 5.32 Å². The lowest BCUT2D eigenvalue weighted by molar-refractivity contribution is -0.133. The predicted molar refractivity (Wildman–Crippen MR) is 141 cm³/mol. The largest absolute Gasteiger partial charge is 0.345 e. The Morgan fingerprint density at radius 1 is 1.14 bits per heavy atom. The van der Waals surface area contributed by atoms with E-state index in [2.05, 4.69) is 33.5 Å². The van der Waals surface area contributed by atoms with Crippen LogP contribution in [-0.4, -0.2) is 28.3 Å². The van der Waals surface area contributed by atoms with E-state index in [0.717, 1.165) is 43.9 Å². The van der Waals surface area contributed by atoms with Gasteiger partial charge in [-0.25, -0.2) is 13.8 Å². The number of aromatic nitrogens is 2. The average molecular weight is 517 g/mol. The Bertz CT molecular complexity index is 1440. The molecule has 2 N–H and O–H groups in total. The summed E-state index contributed by atoms with van der Waals surface area (Å²) in [4.78, 5) is 21.4. The molecule has 1 aliphatic rings. The summed E-state index contributed by atoms with van der Waals surface area (Å²) in [6, 6.07) is 23.9. The normalized spacial score (nSPS) is 18.8. The minimum absolute atomic E-state index is 0.191. The Kier molecular flexibility index (Phi) is 7.24. The van der Waals surface area contributed by atoms with Gasteiger partial charge >= 0.3 is 0 Å². The second-order valence-corrected chi connectivity index (χ2v) is 10.4. The van der Waals surface area contributed by atoms with Crippen LogP contribution in [0.1, 0.15) is 36.3 Å². The van der Waals surface area contributed by atoms with E-state index in [1.165, 1.54) is 0 Å². The first-order chi connectivity index (χ1) is 17.9. The van der Waals surface area contributed by atoms with Crippen LogP contribution in [0.2, 0.25) is 0 Å². The van der Waals surface area contributed by atoms with Gasteiger partial charge in [-0.05, 0) is 52.8 Å². The monoisotopic (exact) mass is 516 g/mol. The number of carbonyl (C=O) groups is 1. The van der Waals surface area contributed by atoms with E-state index < -0.39 is 24.2 Å². The summed E-state index contributed by atoms with van der Waals surface area (Å²) in [6.45, 7) is -0.191. The fourth-order valence-electron chi connectivity index (χ4n) is 5.16. The molecule has 0 spiro atoms. The summed E-state index contributed by atoms with van der Waals surface area (Å²) >= 11 is 1.72. The van der Waals surface area contributed by atoms with Crippen LogP contribution in [0.5, 0.6) is 0 Å².